The van der Waals surface area contributed by atoms with Crippen molar-refractivity contribution in [1.82, 2.24) is 20.5 Å². The molecule has 2 rings (SSSR count). The number of nitrogens with one attached hydrogen (secondary N) is 3. The molecule has 0 aliphatic heterocycles. The van der Waals surface area contributed by atoms with Crippen LogP contribution in [0.2, 0.25) is 0 Å². The second kappa shape index (κ2) is 6.73. The van der Waals surface area contributed by atoms with Crippen molar-refractivity contribution in [1.29, 1.82) is 0 Å². The molecule has 6 nitrogen and oxygen atoms in total. The number of amides is 1. The summed E-state index contributed by atoms with van der Waals surface area (Å²) in [4.78, 5) is 17.2. The first-order valence-electron chi connectivity index (χ1n) is 6.71. The van der Waals surface area contributed by atoms with E-state index in [1.165, 1.54) is 18.1 Å². The number of H-pyrrole nitrogens is 1. The number of carbonyl (C=O) groups excluding carboxylic acids is 1. The van der Waals surface area contributed by atoms with E-state index in [2.05, 4.69) is 25.8 Å². The van der Waals surface area contributed by atoms with Gasteiger partial charge in [0.15, 0.2) is 5.16 Å². The van der Waals surface area contributed by atoms with Crippen molar-refractivity contribution in [3.63, 3.8) is 0 Å². The molecule has 0 unspecified atom stereocenters. The lowest BCUT2D eigenvalue weighted by molar-refractivity contribution is -0.121. The summed E-state index contributed by atoms with van der Waals surface area (Å²) in [7, 11) is 0. The fourth-order valence-electron chi connectivity index (χ4n) is 1.77. The smallest absolute Gasteiger partial charge is 0.244 e. The van der Waals surface area contributed by atoms with Gasteiger partial charge in [-0.1, -0.05) is 18.7 Å². The molecule has 0 radical (unpaired) electrons. The molecule has 1 amide bonds. The molecule has 0 fully saturated rings. The summed E-state index contributed by atoms with van der Waals surface area (Å²) in [5.74, 6) is -0.0556. The molecular formula is C14H19N5OS. The quantitative estimate of drug-likeness (QED) is 0.762. The van der Waals surface area contributed by atoms with Crippen molar-refractivity contribution >= 4 is 23.4 Å². The van der Waals surface area contributed by atoms with E-state index in [1.807, 2.05) is 45.0 Å². The van der Waals surface area contributed by atoms with Crippen LogP contribution in [0.25, 0.3) is 0 Å². The third kappa shape index (κ3) is 4.30. The molecule has 2 aromatic rings. The Morgan fingerprint density at radius 1 is 1.33 bits per heavy atom. The highest BCUT2D eigenvalue weighted by Gasteiger charge is 2.25. The first-order valence-corrected chi connectivity index (χ1v) is 7.52. The molecule has 0 saturated heterocycles. The first-order chi connectivity index (χ1) is 10.0. The van der Waals surface area contributed by atoms with Crippen LogP contribution in [0, 0.1) is 0 Å². The monoisotopic (exact) mass is 305 g/mol. The molecule has 0 saturated carbocycles. The van der Waals surface area contributed by atoms with E-state index < -0.39 is 5.54 Å². The van der Waals surface area contributed by atoms with E-state index in [1.54, 1.807) is 0 Å². The number of hydrogen-bond donors (Lipinski definition) is 3. The highest BCUT2D eigenvalue weighted by molar-refractivity contribution is 7.99. The summed E-state index contributed by atoms with van der Waals surface area (Å²) >= 11 is 1.48. The summed E-state index contributed by atoms with van der Waals surface area (Å²) in [5.41, 5.74) is 0.176. The zero-order valence-corrected chi connectivity index (χ0v) is 13.1. The van der Waals surface area contributed by atoms with Crippen LogP contribution in [0.15, 0.2) is 40.6 Å². The summed E-state index contributed by atoms with van der Waals surface area (Å²) in [6.45, 7) is 6.44. The van der Waals surface area contributed by atoms with E-state index in [0.29, 0.717) is 0 Å². The largest absolute Gasteiger partial charge is 0.325 e. The topological polar surface area (TPSA) is 82.7 Å². The molecule has 112 valence electrons. The number of rotatable bonds is 6. The molecular weight excluding hydrogens is 286 g/mol. The van der Waals surface area contributed by atoms with Gasteiger partial charge in [-0.25, -0.2) is 4.98 Å². The van der Waals surface area contributed by atoms with E-state index in [-0.39, 0.29) is 5.91 Å². The van der Waals surface area contributed by atoms with E-state index >= 15 is 0 Å². The minimum atomic E-state index is -0.595. The van der Waals surface area contributed by atoms with Crippen LogP contribution in [0.3, 0.4) is 0 Å². The zero-order valence-electron chi connectivity index (χ0n) is 12.3. The lowest BCUT2D eigenvalue weighted by atomic mass is 10.0. The average Bonchev–Trinajstić information content (AvgIpc) is 2.94. The zero-order chi connectivity index (χ0) is 15.3. The number of anilines is 1. The van der Waals surface area contributed by atoms with Crippen LogP contribution in [-0.4, -0.2) is 33.2 Å². The van der Waals surface area contributed by atoms with Gasteiger partial charge < -0.3 is 10.6 Å². The Morgan fingerprint density at radius 3 is 2.62 bits per heavy atom. The lowest BCUT2D eigenvalue weighted by Crippen LogP contribution is -2.49. The minimum absolute atomic E-state index is 0.0556. The van der Waals surface area contributed by atoms with Gasteiger partial charge in [0.25, 0.3) is 0 Å². The number of benzene rings is 1. The van der Waals surface area contributed by atoms with Gasteiger partial charge in [0.1, 0.15) is 6.33 Å². The SMILES string of the molecule is CCNC(C)(C)C(=O)Nc1ccc(Sc2ncn[nH]2)cc1. The van der Waals surface area contributed by atoms with Crippen molar-refractivity contribution in [2.75, 3.05) is 11.9 Å². The Morgan fingerprint density at radius 2 is 2.05 bits per heavy atom. The van der Waals surface area contributed by atoms with Crippen molar-refractivity contribution in [3.8, 4) is 0 Å². The Hall–Kier alpha value is -1.86. The number of nitrogens with zero attached hydrogens (tertiary/aromatic N) is 2. The van der Waals surface area contributed by atoms with E-state index in [9.17, 15) is 4.79 Å². The van der Waals surface area contributed by atoms with Gasteiger partial charge in [-0.3, -0.25) is 9.89 Å². The Labute approximate surface area is 128 Å². The standard InChI is InChI=1S/C14H19N5OS/c1-4-16-14(2,3)12(20)18-10-5-7-11(8-6-10)21-13-15-9-17-19-13/h5-9,16H,4H2,1-3H3,(H,18,20)(H,15,17,19). The van der Waals surface area contributed by atoms with Crippen LogP contribution >= 0.6 is 11.8 Å². The van der Waals surface area contributed by atoms with Crippen molar-refractivity contribution in [3.05, 3.63) is 30.6 Å². The number of hydrogen-bond acceptors (Lipinski definition) is 5. The van der Waals surface area contributed by atoms with Gasteiger partial charge in [0.2, 0.25) is 5.91 Å². The van der Waals surface area contributed by atoms with Gasteiger partial charge in [-0.05, 0) is 44.7 Å². The fraction of sp³-hybridized carbons (Fsp3) is 0.357. The van der Waals surface area contributed by atoms with Gasteiger partial charge in [-0.2, -0.15) is 5.10 Å². The number of carbonyl (C=O) groups is 1. The van der Waals surface area contributed by atoms with E-state index in [0.717, 1.165) is 22.3 Å². The normalized spacial score (nSPS) is 11.4. The highest BCUT2D eigenvalue weighted by atomic mass is 32.2. The summed E-state index contributed by atoms with van der Waals surface area (Å²) in [5, 5.41) is 13.4. The number of aromatic amines is 1. The predicted molar refractivity (Wildman–Crippen MR) is 83.3 cm³/mol. The molecule has 21 heavy (non-hydrogen) atoms. The van der Waals surface area contributed by atoms with Gasteiger partial charge >= 0.3 is 0 Å². The number of likely N-dealkylation sites (N-methyl/N-ethyl adjacent to an activating group) is 1. The summed E-state index contributed by atoms with van der Waals surface area (Å²) in [6, 6.07) is 7.61. The van der Waals surface area contributed by atoms with Crippen molar-refractivity contribution < 1.29 is 4.79 Å². The molecule has 0 aliphatic rings. The Balaban J connectivity index is 1.97. The molecule has 3 N–H and O–H groups in total. The second-order valence-corrected chi connectivity index (χ2v) is 6.09. The third-order valence-electron chi connectivity index (χ3n) is 2.91. The maximum Gasteiger partial charge on any atom is 0.244 e. The highest BCUT2D eigenvalue weighted by Crippen LogP contribution is 2.25. The van der Waals surface area contributed by atoms with Crippen LogP contribution < -0.4 is 10.6 Å². The fourth-order valence-corrected chi connectivity index (χ4v) is 2.46. The van der Waals surface area contributed by atoms with Crippen molar-refractivity contribution in [2.24, 2.45) is 0 Å². The molecule has 0 bridgehead atoms. The third-order valence-corrected chi connectivity index (χ3v) is 3.80. The molecule has 1 aromatic heterocycles. The Kier molecular flexibility index (Phi) is 4.98. The Bertz CT molecular complexity index is 580. The minimum Gasteiger partial charge on any atom is -0.325 e. The predicted octanol–water partition coefficient (Wildman–Crippen LogP) is 2.28. The van der Waals surface area contributed by atoms with Crippen LogP contribution in [-0.2, 0) is 4.79 Å². The molecule has 1 heterocycles. The maximum atomic E-state index is 12.2. The molecule has 1 aromatic carbocycles. The average molecular weight is 305 g/mol. The maximum absolute atomic E-state index is 12.2. The summed E-state index contributed by atoms with van der Waals surface area (Å²) < 4.78 is 0. The van der Waals surface area contributed by atoms with Crippen LogP contribution in [0.1, 0.15) is 20.8 Å². The van der Waals surface area contributed by atoms with E-state index in [4.69, 9.17) is 0 Å². The molecule has 0 atom stereocenters. The first kappa shape index (κ1) is 15.5. The number of aromatic nitrogens is 3. The lowest BCUT2D eigenvalue weighted by Gasteiger charge is -2.24. The second-order valence-electron chi connectivity index (χ2n) is 5.03. The molecule has 0 spiro atoms. The van der Waals surface area contributed by atoms with Gasteiger partial charge in [0.05, 0.1) is 5.54 Å². The molecule has 7 heteroatoms. The summed E-state index contributed by atoms with van der Waals surface area (Å²) in [6.07, 6.45) is 1.47. The van der Waals surface area contributed by atoms with Gasteiger partial charge in [-0.15, -0.1) is 0 Å². The van der Waals surface area contributed by atoms with Crippen LogP contribution in [0.4, 0.5) is 5.69 Å². The van der Waals surface area contributed by atoms with Crippen LogP contribution in [0.5, 0.6) is 0 Å². The molecule has 0 aliphatic carbocycles. The van der Waals surface area contributed by atoms with Crippen molar-refractivity contribution in [2.45, 2.75) is 36.4 Å². The van der Waals surface area contributed by atoms with Gasteiger partial charge in [0, 0.05) is 10.6 Å².